The van der Waals surface area contributed by atoms with Gasteiger partial charge in [-0.25, -0.2) is 0 Å². The molecule has 0 spiro atoms. The summed E-state index contributed by atoms with van der Waals surface area (Å²) in [6.07, 6.45) is 0.814. The minimum absolute atomic E-state index is 0.254. The van der Waals surface area contributed by atoms with Gasteiger partial charge < -0.3 is 10.2 Å². The predicted molar refractivity (Wildman–Crippen MR) is 90.0 cm³/mol. The molecule has 0 atom stereocenters. The van der Waals surface area contributed by atoms with Crippen LogP contribution in [0.1, 0.15) is 12.5 Å². The summed E-state index contributed by atoms with van der Waals surface area (Å²) in [5.74, 6) is 0.550. The van der Waals surface area contributed by atoms with Crippen LogP contribution in [0.3, 0.4) is 0 Å². The van der Waals surface area contributed by atoms with Crippen LogP contribution in [0.2, 0.25) is 0 Å². The Morgan fingerprint density at radius 3 is 2.05 bits per heavy atom. The van der Waals surface area contributed by atoms with Gasteiger partial charge in [0, 0.05) is 5.56 Å². The maximum atomic E-state index is 10.4. The molecule has 0 bridgehead atoms. The van der Waals surface area contributed by atoms with Crippen molar-refractivity contribution in [3.63, 3.8) is 0 Å². The summed E-state index contributed by atoms with van der Waals surface area (Å²) in [7, 11) is 0. The molecule has 0 aliphatic carbocycles. The zero-order chi connectivity index (χ0) is 15.5. The predicted octanol–water partition coefficient (Wildman–Crippen LogP) is 4.99. The van der Waals surface area contributed by atoms with E-state index in [1.807, 2.05) is 48.5 Å². The monoisotopic (exact) mass is 290 g/mol. The molecule has 0 radical (unpaired) electrons. The van der Waals surface area contributed by atoms with Crippen LogP contribution < -0.4 is 0 Å². The lowest BCUT2D eigenvalue weighted by Gasteiger charge is -2.16. The van der Waals surface area contributed by atoms with Crippen LogP contribution in [0.25, 0.3) is 22.3 Å². The van der Waals surface area contributed by atoms with Crippen LogP contribution in [0.4, 0.5) is 0 Å². The average molecular weight is 290 g/mol. The maximum absolute atomic E-state index is 10.4. The van der Waals surface area contributed by atoms with E-state index in [1.54, 1.807) is 18.2 Å². The molecule has 2 N–H and O–H groups in total. The Bertz CT molecular complexity index is 775. The molecule has 0 heterocycles. The average Bonchev–Trinajstić information content (AvgIpc) is 2.56. The maximum Gasteiger partial charge on any atom is 0.123 e. The standard InChI is InChI=1S/C20H18O2/c1-2-17-18(14-8-10-16(21)11-9-14)12-13-19(22)20(17)15-6-4-3-5-7-15/h3-13,21-22H,2H2,1H3. The molecule has 3 aromatic rings. The van der Waals surface area contributed by atoms with E-state index in [0.717, 1.165) is 34.2 Å². The highest BCUT2D eigenvalue weighted by Gasteiger charge is 2.14. The molecule has 0 fully saturated rings. The van der Waals surface area contributed by atoms with Crippen molar-refractivity contribution in [2.24, 2.45) is 0 Å². The first-order chi connectivity index (χ1) is 10.7. The molecule has 2 nitrogen and oxygen atoms in total. The van der Waals surface area contributed by atoms with Gasteiger partial charge in [0.25, 0.3) is 0 Å². The van der Waals surface area contributed by atoms with Gasteiger partial charge in [-0.3, -0.25) is 0 Å². The summed E-state index contributed by atoms with van der Waals surface area (Å²) in [5, 5.41) is 19.8. The second-order valence-corrected chi connectivity index (χ2v) is 5.25. The number of phenolic OH excluding ortho intramolecular Hbond substituents is 2. The van der Waals surface area contributed by atoms with Crippen LogP contribution in [-0.2, 0) is 6.42 Å². The molecule has 3 aromatic carbocycles. The molecule has 3 rings (SSSR count). The molecular weight excluding hydrogens is 272 g/mol. The minimum atomic E-state index is 0.254. The smallest absolute Gasteiger partial charge is 0.123 e. The van der Waals surface area contributed by atoms with Crippen molar-refractivity contribution in [3.05, 3.63) is 72.3 Å². The third-order valence-electron chi connectivity index (χ3n) is 3.89. The zero-order valence-electron chi connectivity index (χ0n) is 12.5. The van der Waals surface area contributed by atoms with Crippen LogP contribution in [0, 0.1) is 0 Å². The first-order valence-electron chi connectivity index (χ1n) is 7.40. The molecule has 0 saturated carbocycles. The third kappa shape index (κ3) is 2.56. The van der Waals surface area contributed by atoms with Crippen LogP contribution >= 0.6 is 0 Å². The highest BCUT2D eigenvalue weighted by atomic mass is 16.3. The lowest BCUT2D eigenvalue weighted by molar-refractivity contribution is 0.475. The van der Waals surface area contributed by atoms with Crippen molar-refractivity contribution in [2.45, 2.75) is 13.3 Å². The number of benzene rings is 3. The fourth-order valence-corrected chi connectivity index (χ4v) is 2.84. The van der Waals surface area contributed by atoms with Crippen molar-refractivity contribution in [3.8, 4) is 33.8 Å². The Balaban J connectivity index is 2.23. The van der Waals surface area contributed by atoms with Crippen molar-refractivity contribution in [2.75, 3.05) is 0 Å². The molecule has 0 unspecified atom stereocenters. The molecule has 0 aromatic heterocycles. The Morgan fingerprint density at radius 1 is 0.727 bits per heavy atom. The first-order valence-corrected chi connectivity index (χ1v) is 7.40. The van der Waals surface area contributed by atoms with Gasteiger partial charge >= 0.3 is 0 Å². The second-order valence-electron chi connectivity index (χ2n) is 5.25. The van der Waals surface area contributed by atoms with Crippen molar-refractivity contribution in [1.82, 2.24) is 0 Å². The number of hydrogen-bond acceptors (Lipinski definition) is 2. The molecule has 0 aliphatic heterocycles. The van der Waals surface area contributed by atoms with E-state index in [9.17, 15) is 10.2 Å². The number of phenols is 2. The third-order valence-corrected chi connectivity index (χ3v) is 3.89. The van der Waals surface area contributed by atoms with E-state index in [1.165, 1.54) is 0 Å². The lowest BCUT2D eigenvalue weighted by atomic mass is 9.89. The van der Waals surface area contributed by atoms with Gasteiger partial charge in [0.15, 0.2) is 0 Å². The molecule has 0 aliphatic rings. The lowest BCUT2D eigenvalue weighted by Crippen LogP contribution is -1.93. The van der Waals surface area contributed by atoms with E-state index in [0.29, 0.717) is 5.75 Å². The van der Waals surface area contributed by atoms with E-state index in [-0.39, 0.29) is 5.75 Å². The van der Waals surface area contributed by atoms with Crippen LogP contribution in [0.15, 0.2) is 66.7 Å². The first kappa shape index (κ1) is 14.2. The quantitative estimate of drug-likeness (QED) is 0.713. The Labute approximate surface area is 130 Å². The Morgan fingerprint density at radius 2 is 1.41 bits per heavy atom. The summed E-state index contributed by atoms with van der Waals surface area (Å²) in [6.45, 7) is 2.09. The highest BCUT2D eigenvalue weighted by Crippen LogP contribution is 2.39. The molecule has 2 heteroatoms. The van der Waals surface area contributed by atoms with Crippen LogP contribution in [0.5, 0.6) is 11.5 Å². The molecular formula is C20H18O2. The van der Waals surface area contributed by atoms with Gasteiger partial charge in [-0.05, 0) is 46.9 Å². The van der Waals surface area contributed by atoms with E-state index < -0.39 is 0 Å². The summed E-state index contributed by atoms with van der Waals surface area (Å²) < 4.78 is 0. The fraction of sp³-hybridized carbons (Fsp3) is 0.100. The number of rotatable bonds is 3. The Hall–Kier alpha value is -2.74. The number of hydrogen-bond donors (Lipinski definition) is 2. The molecule has 110 valence electrons. The number of aromatic hydroxyl groups is 2. The molecule has 0 amide bonds. The normalized spacial score (nSPS) is 10.6. The SMILES string of the molecule is CCc1c(-c2ccc(O)cc2)ccc(O)c1-c1ccccc1. The zero-order valence-corrected chi connectivity index (χ0v) is 12.5. The largest absolute Gasteiger partial charge is 0.508 e. The van der Waals surface area contributed by atoms with Gasteiger partial charge in [-0.2, -0.15) is 0 Å². The van der Waals surface area contributed by atoms with Gasteiger partial charge in [-0.15, -0.1) is 0 Å². The topological polar surface area (TPSA) is 40.5 Å². The van der Waals surface area contributed by atoms with E-state index in [2.05, 4.69) is 6.92 Å². The van der Waals surface area contributed by atoms with Gasteiger partial charge in [0.05, 0.1) is 0 Å². The summed E-state index contributed by atoms with van der Waals surface area (Å²) in [5.41, 5.74) is 5.12. The highest BCUT2D eigenvalue weighted by molar-refractivity contribution is 5.82. The van der Waals surface area contributed by atoms with Crippen molar-refractivity contribution < 1.29 is 10.2 Å². The summed E-state index contributed by atoms with van der Waals surface area (Å²) >= 11 is 0. The van der Waals surface area contributed by atoms with Crippen LogP contribution in [-0.4, -0.2) is 10.2 Å². The van der Waals surface area contributed by atoms with Gasteiger partial charge in [0.2, 0.25) is 0 Å². The summed E-state index contributed by atoms with van der Waals surface area (Å²) in [4.78, 5) is 0. The van der Waals surface area contributed by atoms with Crippen molar-refractivity contribution in [1.29, 1.82) is 0 Å². The van der Waals surface area contributed by atoms with Gasteiger partial charge in [0.1, 0.15) is 11.5 Å². The Kier molecular flexibility index (Phi) is 3.84. The van der Waals surface area contributed by atoms with Gasteiger partial charge in [-0.1, -0.05) is 55.5 Å². The summed E-state index contributed by atoms with van der Waals surface area (Å²) in [6, 6.07) is 20.8. The minimum Gasteiger partial charge on any atom is -0.508 e. The molecule has 0 saturated heterocycles. The van der Waals surface area contributed by atoms with E-state index >= 15 is 0 Å². The fourth-order valence-electron chi connectivity index (χ4n) is 2.84. The second kappa shape index (κ2) is 5.94. The van der Waals surface area contributed by atoms with Crippen molar-refractivity contribution >= 4 is 0 Å². The van der Waals surface area contributed by atoms with E-state index in [4.69, 9.17) is 0 Å². The molecule has 22 heavy (non-hydrogen) atoms.